The Balaban J connectivity index is 2.03. The Kier molecular flexibility index (Phi) is 1.87. The van der Waals surface area contributed by atoms with E-state index < -0.39 is 0 Å². The van der Waals surface area contributed by atoms with E-state index in [1.54, 1.807) is 6.92 Å². The molecule has 0 spiro atoms. The summed E-state index contributed by atoms with van der Waals surface area (Å²) in [5, 5.41) is 9.34. The monoisotopic (exact) mass is 158 g/mol. The summed E-state index contributed by atoms with van der Waals surface area (Å²) in [6.07, 6.45) is 1.11. The van der Waals surface area contributed by atoms with Crippen LogP contribution in [0, 0.1) is 5.92 Å². The van der Waals surface area contributed by atoms with Gasteiger partial charge in [0.05, 0.1) is 24.9 Å². The largest absolute Gasteiger partial charge is 0.393 e. The van der Waals surface area contributed by atoms with Crippen LogP contribution in [0.3, 0.4) is 0 Å². The average Bonchev–Trinajstić information content (AvgIpc) is 2.41. The van der Waals surface area contributed by atoms with Crippen molar-refractivity contribution in [1.82, 2.24) is 0 Å². The molecule has 0 aromatic heterocycles. The van der Waals surface area contributed by atoms with E-state index in [1.165, 1.54) is 0 Å². The predicted molar refractivity (Wildman–Crippen MR) is 39.3 cm³/mol. The fourth-order valence-electron chi connectivity index (χ4n) is 1.91. The molecule has 2 aliphatic heterocycles. The lowest BCUT2D eigenvalue weighted by molar-refractivity contribution is 0.0201. The van der Waals surface area contributed by atoms with Gasteiger partial charge in [-0.05, 0) is 13.3 Å². The summed E-state index contributed by atoms with van der Waals surface area (Å²) in [7, 11) is 0. The van der Waals surface area contributed by atoms with Gasteiger partial charge in [0.15, 0.2) is 0 Å². The summed E-state index contributed by atoms with van der Waals surface area (Å²) in [4.78, 5) is 0. The third-order valence-corrected chi connectivity index (χ3v) is 2.62. The molecular formula is C8H14O3. The standard InChI is InChI=1S/C8H14O3/c1-5(9)6-4-11-7-2-3-10-8(6)7/h5-9H,2-4H2,1H3/t5-,6?,7+,8+/m0/s1. The molecule has 11 heavy (non-hydrogen) atoms. The highest BCUT2D eigenvalue weighted by Crippen LogP contribution is 2.32. The first kappa shape index (κ1) is 7.53. The quantitative estimate of drug-likeness (QED) is 0.591. The number of fused-ring (bicyclic) bond motifs is 1. The van der Waals surface area contributed by atoms with Gasteiger partial charge in [0.2, 0.25) is 0 Å². The van der Waals surface area contributed by atoms with Crippen molar-refractivity contribution in [3.05, 3.63) is 0 Å². The zero-order valence-electron chi connectivity index (χ0n) is 6.69. The second kappa shape index (κ2) is 2.73. The highest BCUT2D eigenvalue weighted by atomic mass is 16.6. The molecule has 64 valence electrons. The number of hydrogen-bond donors (Lipinski definition) is 1. The van der Waals surface area contributed by atoms with Crippen LogP contribution in [-0.2, 0) is 9.47 Å². The molecule has 0 radical (unpaired) electrons. The van der Waals surface area contributed by atoms with E-state index in [0.29, 0.717) is 6.61 Å². The van der Waals surface area contributed by atoms with Gasteiger partial charge in [-0.1, -0.05) is 0 Å². The minimum atomic E-state index is -0.303. The summed E-state index contributed by atoms with van der Waals surface area (Å²) in [6, 6.07) is 0. The van der Waals surface area contributed by atoms with Gasteiger partial charge in [0.25, 0.3) is 0 Å². The SMILES string of the molecule is C[C@H](O)C1CO[C@@H]2CCO[C@H]12. The van der Waals surface area contributed by atoms with Gasteiger partial charge in [0, 0.05) is 12.5 Å². The van der Waals surface area contributed by atoms with E-state index in [-0.39, 0.29) is 24.2 Å². The number of hydrogen-bond acceptors (Lipinski definition) is 3. The highest BCUT2D eigenvalue weighted by molar-refractivity contribution is 4.90. The first-order chi connectivity index (χ1) is 5.29. The van der Waals surface area contributed by atoms with Crippen LogP contribution in [0.15, 0.2) is 0 Å². The third kappa shape index (κ3) is 1.17. The van der Waals surface area contributed by atoms with Crippen molar-refractivity contribution in [2.45, 2.75) is 31.7 Å². The summed E-state index contributed by atoms with van der Waals surface area (Å²) in [5.41, 5.74) is 0. The average molecular weight is 158 g/mol. The molecule has 0 aromatic rings. The fourth-order valence-corrected chi connectivity index (χ4v) is 1.91. The van der Waals surface area contributed by atoms with Gasteiger partial charge in [-0.15, -0.1) is 0 Å². The minimum Gasteiger partial charge on any atom is -0.393 e. The van der Waals surface area contributed by atoms with Crippen molar-refractivity contribution in [3.63, 3.8) is 0 Å². The molecule has 3 nitrogen and oxygen atoms in total. The van der Waals surface area contributed by atoms with Gasteiger partial charge < -0.3 is 14.6 Å². The smallest absolute Gasteiger partial charge is 0.0912 e. The topological polar surface area (TPSA) is 38.7 Å². The highest BCUT2D eigenvalue weighted by Gasteiger charge is 2.43. The second-order valence-electron chi connectivity index (χ2n) is 3.40. The number of ether oxygens (including phenoxy) is 2. The molecule has 4 atom stereocenters. The molecule has 0 aliphatic carbocycles. The molecule has 0 aromatic carbocycles. The molecule has 2 rings (SSSR count). The molecule has 2 fully saturated rings. The molecule has 0 saturated carbocycles. The van der Waals surface area contributed by atoms with Crippen LogP contribution < -0.4 is 0 Å². The van der Waals surface area contributed by atoms with E-state index in [9.17, 15) is 5.11 Å². The Bertz CT molecular complexity index is 146. The predicted octanol–water partition coefficient (Wildman–Crippen LogP) is 0.171. The maximum absolute atomic E-state index is 9.34. The van der Waals surface area contributed by atoms with Crippen LogP contribution in [0.4, 0.5) is 0 Å². The zero-order valence-corrected chi connectivity index (χ0v) is 6.69. The van der Waals surface area contributed by atoms with Gasteiger partial charge in [-0.25, -0.2) is 0 Å². The van der Waals surface area contributed by atoms with Crippen molar-refractivity contribution in [3.8, 4) is 0 Å². The van der Waals surface area contributed by atoms with Crippen LogP contribution in [0.25, 0.3) is 0 Å². The molecule has 1 N–H and O–H groups in total. The Labute approximate surface area is 66.3 Å². The minimum absolute atomic E-state index is 0.162. The fraction of sp³-hybridized carbons (Fsp3) is 1.00. The molecule has 3 heteroatoms. The Morgan fingerprint density at radius 2 is 2.27 bits per heavy atom. The van der Waals surface area contributed by atoms with Gasteiger partial charge >= 0.3 is 0 Å². The van der Waals surface area contributed by atoms with Crippen LogP contribution in [0.5, 0.6) is 0 Å². The summed E-state index contributed by atoms with van der Waals surface area (Å²) >= 11 is 0. The van der Waals surface area contributed by atoms with Crippen LogP contribution in [0.2, 0.25) is 0 Å². The van der Waals surface area contributed by atoms with E-state index in [1.807, 2.05) is 0 Å². The molecule has 2 heterocycles. The second-order valence-corrected chi connectivity index (χ2v) is 3.40. The van der Waals surface area contributed by atoms with E-state index >= 15 is 0 Å². The lowest BCUT2D eigenvalue weighted by Gasteiger charge is -2.17. The summed E-state index contributed by atoms with van der Waals surface area (Å²) in [6.45, 7) is 3.25. The number of aliphatic hydroxyl groups excluding tert-OH is 1. The lowest BCUT2D eigenvalue weighted by Crippen LogP contribution is -2.30. The zero-order chi connectivity index (χ0) is 7.84. The van der Waals surface area contributed by atoms with Gasteiger partial charge in [0.1, 0.15) is 0 Å². The van der Waals surface area contributed by atoms with Gasteiger partial charge in [-0.2, -0.15) is 0 Å². The first-order valence-corrected chi connectivity index (χ1v) is 4.20. The summed E-state index contributed by atoms with van der Waals surface area (Å²) < 4.78 is 10.9. The molecular weight excluding hydrogens is 144 g/mol. The first-order valence-electron chi connectivity index (χ1n) is 4.20. The van der Waals surface area contributed by atoms with Crippen molar-refractivity contribution in [2.75, 3.05) is 13.2 Å². The summed E-state index contributed by atoms with van der Waals surface area (Å²) in [5.74, 6) is 0.197. The number of rotatable bonds is 1. The van der Waals surface area contributed by atoms with E-state index in [2.05, 4.69) is 0 Å². The molecule has 2 saturated heterocycles. The van der Waals surface area contributed by atoms with Crippen LogP contribution >= 0.6 is 0 Å². The number of aliphatic hydroxyl groups is 1. The van der Waals surface area contributed by atoms with E-state index in [4.69, 9.17) is 9.47 Å². The van der Waals surface area contributed by atoms with Crippen molar-refractivity contribution in [2.24, 2.45) is 5.92 Å². The maximum atomic E-state index is 9.34. The van der Waals surface area contributed by atoms with Crippen molar-refractivity contribution in [1.29, 1.82) is 0 Å². The van der Waals surface area contributed by atoms with Crippen LogP contribution in [0.1, 0.15) is 13.3 Å². The maximum Gasteiger partial charge on any atom is 0.0912 e. The normalized spacial score (nSPS) is 45.8. The van der Waals surface area contributed by atoms with Crippen LogP contribution in [-0.4, -0.2) is 36.6 Å². The van der Waals surface area contributed by atoms with Crippen molar-refractivity contribution < 1.29 is 14.6 Å². The lowest BCUT2D eigenvalue weighted by atomic mass is 9.97. The Morgan fingerprint density at radius 3 is 3.00 bits per heavy atom. The molecule has 0 amide bonds. The third-order valence-electron chi connectivity index (χ3n) is 2.62. The molecule has 2 aliphatic rings. The van der Waals surface area contributed by atoms with Crippen molar-refractivity contribution >= 4 is 0 Å². The Morgan fingerprint density at radius 1 is 1.45 bits per heavy atom. The van der Waals surface area contributed by atoms with E-state index in [0.717, 1.165) is 13.0 Å². The molecule has 0 bridgehead atoms. The molecule has 1 unspecified atom stereocenters. The Hall–Kier alpha value is -0.120. The van der Waals surface area contributed by atoms with Gasteiger partial charge in [-0.3, -0.25) is 0 Å².